The molecular weight excluding hydrogens is 606 g/mol. The number of phenolic OH excluding ortho intramolecular Hbond substituents is 1. The first-order valence-electron chi connectivity index (χ1n) is 16.5. The van der Waals surface area contributed by atoms with Gasteiger partial charge >= 0.3 is 12.1 Å². The fourth-order valence-electron chi connectivity index (χ4n) is 5.63. The zero-order valence-electron chi connectivity index (χ0n) is 29.0. The molecule has 9 nitrogen and oxygen atoms in total. The van der Waals surface area contributed by atoms with E-state index in [1.807, 2.05) is 35.2 Å². The fraction of sp³-hybridized carbons (Fsp3) is 0.410. The third-order valence-electron chi connectivity index (χ3n) is 7.67. The van der Waals surface area contributed by atoms with Gasteiger partial charge in [0.1, 0.15) is 29.2 Å². The minimum absolute atomic E-state index is 0.0894. The summed E-state index contributed by atoms with van der Waals surface area (Å²) in [7, 11) is 0. The van der Waals surface area contributed by atoms with Crippen LogP contribution in [0, 0.1) is 0 Å². The standard InChI is InChI=1S/C39H49N3O6/c1-38(2,3)47-35(45)27-34(40-37(46)48-39(4,5)6)42-24-22-41(23-25-42)31-18-14-29(15-19-31)36(30-16-20-32(44)21-17-30)33(13-10-26-43)28-11-8-7-9-12-28/h7-9,11-12,14-21,43-44H,10,13,22-27H2,1-6H3/b36-33+,40-34?. The summed E-state index contributed by atoms with van der Waals surface area (Å²) in [5.41, 5.74) is 4.96. The summed E-state index contributed by atoms with van der Waals surface area (Å²) in [5.74, 6) is 0.0947. The molecule has 3 aromatic carbocycles. The number of carbonyl (C=O) groups excluding carboxylic acids is 2. The first kappa shape index (κ1) is 36.2. The second kappa shape index (κ2) is 16.0. The Kier molecular flexibility index (Phi) is 12.1. The van der Waals surface area contributed by atoms with Crippen LogP contribution < -0.4 is 4.90 Å². The predicted octanol–water partition coefficient (Wildman–Crippen LogP) is 7.31. The zero-order valence-corrected chi connectivity index (χ0v) is 29.0. The molecule has 0 saturated carbocycles. The number of carbonyl (C=O) groups is 2. The van der Waals surface area contributed by atoms with Gasteiger partial charge in [0.2, 0.25) is 0 Å². The van der Waals surface area contributed by atoms with E-state index in [1.54, 1.807) is 53.7 Å². The van der Waals surface area contributed by atoms with Crippen LogP contribution in [-0.2, 0) is 14.3 Å². The number of esters is 1. The number of nitrogens with zero attached hydrogens (tertiary/aromatic N) is 3. The van der Waals surface area contributed by atoms with E-state index in [0.717, 1.165) is 33.5 Å². The number of benzene rings is 3. The Morgan fingerprint density at radius 1 is 0.750 bits per heavy atom. The molecule has 1 heterocycles. The molecule has 48 heavy (non-hydrogen) atoms. The Bertz CT molecular complexity index is 1580. The second-order valence-electron chi connectivity index (χ2n) is 13.9. The Labute approximate surface area is 284 Å². The van der Waals surface area contributed by atoms with Crippen LogP contribution in [0.25, 0.3) is 11.1 Å². The van der Waals surface area contributed by atoms with Crippen molar-refractivity contribution in [2.24, 2.45) is 4.99 Å². The lowest BCUT2D eigenvalue weighted by Gasteiger charge is -2.37. The number of aliphatic imine (C=N–C) groups is 1. The molecule has 0 atom stereocenters. The number of anilines is 1. The lowest BCUT2D eigenvalue weighted by molar-refractivity contribution is -0.153. The molecule has 4 rings (SSSR count). The fourth-order valence-corrected chi connectivity index (χ4v) is 5.63. The van der Waals surface area contributed by atoms with Crippen LogP contribution >= 0.6 is 0 Å². The molecule has 2 N–H and O–H groups in total. The Morgan fingerprint density at radius 2 is 1.31 bits per heavy atom. The van der Waals surface area contributed by atoms with Crippen molar-refractivity contribution >= 4 is 34.7 Å². The average Bonchev–Trinajstić information content (AvgIpc) is 3.02. The van der Waals surface area contributed by atoms with Crippen molar-refractivity contribution in [2.75, 3.05) is 37.7 Å². The maximum Gasteiger partial charge on any atom is 0.435 e. The summed E-state index contributed by atoms with van der Waals surface area (Å²) in [5, 5.41) is 19.7. The topological polar surface area (TPSA) is 112 Å². The maximum absolute atomic E-state index is 12.7. The molecule has 0 unspecified atom stereocenters. The van der Waals surface area contributed by atoms with Gasteiger partial charge in [-0.3, -0.25) is 4.79 Å². The number of aliphatic hydroxyl groups excluding tert-OH is 1. The molecule has 9 heteroatoms. The molecule has 0 aliphatic carbocycles. The van der Waals surface area contributed by atoms with Gasteiger partial charge in [0, 0.05) is 38.5 Å². The lowest BCUT2D eigenvalue weighted by Crippen LogP contribution is -2.49. The van der Waals surface area contributed by atoms with E-state index in [4.69, 9.17) is 9.47 Å². The van der Waals surface area contributed by atoms with Crippen molar-refractivity contribution in [1.29, 1.82) is 0 Å². The third-order valence-corrected chi connectivity index (χ3v) is 7.67. The molecule has 0 spiro atoms. The molecule has 1 amide bonds. The molecule has 256 valence electrons. The minimum Gasteiger partial charge on any atom is -0.508 e. The Hall–Kier alpha value is -4.63. The number of hydrogen-bond acceptors (Lipinski definition) is 7. The zero-order chi connectivity index (χ0) is 34.9. The summed E-state index contributed by atoms with van der Waals surface area (Å²) in [4.78, 5) is 33.8. The summed E-state index contributed by atoms with van der Waals surface area (Å²) in [6, 6.07) is 25.9. The molecule has 0 radical (unpaired) electrons. The molecule has 1 saturated heterocycles. The van der Waals surface area contributed by atoms with E-state index in [-0.39, 0.29) is 18.8 Å². The van der Waals surface area contributed by atoms with E-state index < -0.39 is 23.3 Å². The van der Waals surface area contributed by atoms with Crippen LogP contribution in [0.2, 0.25) is 0 Å². The maximum atomic E-state index is 12.7. The average molecular weight is 656 g/mol. The number of amides is 1. The number of amidine groups is 1. The highest BCUT2D eigenvalue weighted by atomic mass is 16.6. The predicted molar refractivity (Wildman–Crippen MR) is 191 cm³/mol. The number of aliphatic hydroxyl groups is 1. The molecule has 0 bridgehead atoms. The summed E-state index contributed by atoms with van der Waals surface area (Å²) in [6.07, 6.45) is 0.459. The Morgan fingerprint density at radius 3 is 1.85 bits per heavy atom. The number of hydrogen-bond donors (Lipinski definition) is 2. The highest BCUT2D eigenvalue weighted by molar-refractivity contribution is 6.02. The van der Waals surface area contributed by atoms with Crippen LogP contribution in [-0.4, -0.2) is 77.0 Å². The monoisotopic (exact) mass is 655 g/mol. The van der Waals surface area contributed by atoms with Gasteiger partial charge in [-0.15, -0.1) is 0 Å². The van der Waals surface area contributed by atoms with Crippen LogP contribution in [0.3, 0.4) is 0 Å². The summed E-state index contributed by atoms with van der Waals surface area (Å²) in [6.45, 7) is 13.3. The SMILES string of the molecule is CC(C)(C)OC(=O)CC(=NC(=O)OC(C)(C)C)N1CCN(c2ccc(/C(=C(/CCCO)c3ccccc3)c3ccc(O)cc3)cc2)CC1. The van der Waals surface area contributed by atoms with E-state index in [1.165, 1.54) is 0 Å². The van der Waals surface area contributed by atoms with E-state index in [9.17, 15) is 19.8 Å². The van der Waals surface area contributed by atoms with E-state index >= 15 is 0 Å². The summed E-state index contributed by atoms with van der Waals surface area (Å²) < 4.78 is 11.0. The van der Waals surface area contributed by atoms with Gasteiger partial charge in [-0.2, -0.15) is 4.99 Å². The van der Waals surface area contributed by atoms with Crippen molar-refractivity contribution in [3.05, 3.63) is 95.6 Å². The molecule has 1 aliphatic rings. The molecule has 1 fully saturated rings. The number of aromatic hydroxyl groups is 1. The normalized spacial score (nSPS) is 14.8. The van der Waals surface area contributed by atoms with Crippen molar-refractivity contribution in [2.45, 2.75) is 72.0 Å². The number of ether oxygens (including phenoxy) is 2. The lowest BCUT2D eigenvalue weighted by atomic mass is 9.87. The van der Waals surface area contributed by atoms with Gasteiger partial charge in [0.05, 0.1) is 0 Å². The highest BCUT2D eigenvalue weighted by Crippen LogP contribution is 2.36. The first-order chi connectivity index (χ1) is 22.7. The van der Waals surface area contributed by atoms with Crippen LogP contribution in [0.5, 0.6) is 5.75 Å². The number of piperazine rings is 1. The van der Waals surface area contributed by atoms with Crippen LogP contribution in [0.1, 0.15) is 77.5 Å². The van der Waals surface area contributed by atoms with Crippen molar-refractivity contribution in [3.8, 4) is 5.75 Å². The first-order valence-corrected chi connectivity index (χ1v) is 16.5. The number of allylic oxidation sites excluding steroid dienone is 1. The second-order valence-corrected chi connectivity index (χ2v) is 13.9. The largest absolute Gasteiger partial charge is 0.508 e. The molecular formula is C39H49N3O6. The third kappa shape index (κ3) is 10.7. The number of rotatable bonds is 9. The van der Waals surface area contributed by atoms with Crippen molar-refractivity contribution in [1.82, 2.24) is 4.90 Å². The number of phenols is 1. The van der Waals surface area contributed by atoms with Gasteiger partial charge in [0.25, 0.3) is 0 Å². The quantitative estimate of drug-likeness (QED) is 0.107. The van der Waals surface area contributed by atoms with E-state index in [2.05, 4.69) is 46.3 Å². The van der Waals surface area contributed by atoms with Crippen LogP contribution in [0.15, 0.2) is 83.9 Å². The van der Waals surface area contributed by atoms with Gasteiger partial charge in [-0.05, 0) is 106 Å². The van der Waals surface area contributed by atoms with Gasteiger partial charge in [-0.1, -0.05) is 54.6 Å². The van der Waals surface area contributed by atoms with Crippen LogP contribution in [0.4, 0.5) is 10.5 Å². The van der Waals surface area contributed by atoms with Gasteiger partial charge in [-0.25, -0.2) is 4.79 Å². The van der Waals surface area contributed by atoms with Crippen molar-refractivity contribution < 1.29 is 29.3 Å². The van der Waals surface area contributed by atoms with Crippen molar-refractivity contribution in [3.63, 3.8) is 0 Å². The molecule has 1 aliphatic heterocycles. The molecule has 0 aromatic heterocycles. The smallest absolute Gasteiger partial charge is 0.435 e. The van der Waals surface area contributed by atoms with E-state index in [0.29, 0.717) is 44.9 Å². The van der Waals surface area contributed by atoms with Gasteiger partial charge in [0.15, 0.2) is 0 Å². The minimum atomic E-state index is -0.731. The Balaban J connectivity index is 1.58. The molecule has 3 aromatic rings. The highest BCUT2D eigenvalue weighted by Gasteiger charge is 2.27. The summed E-state index contributed by atoms with van der Waals surface area (Å²) >= 11 is 0. The van der Waals surface area contributed by atoms with Gasteiger partial charge < -0.3 is 29.5 Å².